The number of piperidine rings is 1. The van der Waals surface area contributed by atoms with Crippen LogP contribution >= 0.6 is 0 Å². The Morgan fingerprint density at radius 1 is 1.18 bits per heavy atom. The Kier molecular flexibility index (Phi) is 5.38. The third-order valence-electron chi connectivity index (χ3n) is 5.24. The summed E-state index contributed by atoms with van der Waals surface area (Å²) >= 11 is 0. The van der Waals surface area contributed by atoms with Crippen molar-refractivity contribution >= 4 is 17.7 Å². The number of carbonyl (C=O) groups excluding carboxylic acids is 1. The van der Waals surface area contributed by atoms with Crippen LogP contribution in [0.3, 0.4) is 0 Å². The molecule has 0 saturated carbocycles. The van der Waals surface area contributed by atoms with Gasteiger partial charge >= 0.3 is 0 Å². The minimum atomic E-state index is -0.313. The van der Waals surface area contributed by atoms with E-state index < -0.39 is 0 Å². The highest BCUT2D eigenvalue weighted by Gasteiger charge is 2.26. The number of aromatic nitrogens is 2. The number of likely N-dealkylation sites (tertiary alicyclic amines) is 1. The lowest BCUT2D eigenvalue weighted by Crippen LogP contribution is -2.36. The molecule has 1 fully saturated rings. The van der Waals surface area contributed by atoms with Crippen LogP contribution in [0.1, 0.15) is 35.2 Å². The number of aryl methyl sites for hydroxylation is 1. The standard InChI is InChI=1S/C20H25FN6O/c1-13-11-14(21)5-6-15(13)17-16-18(23-12-24-19(16)28)26-20(25-17)22-7-10-27-8-3-2-4-9-27/h5-6,11H,2-4,7-10,12H2,1H3,(H,24,28)(H2,22,23,25,26). The van der Waals surface area contributed by atoms with E-state index in [1.54, 1.807) is 6.07 Å². The molecule has 28 heavy (non-hydrogen) atoms. The fourth-order valence-electron chi connectivity index (χ4n) is 3.78. The highest BCUT2D eigenvalue weighted by Crippen LogP contribution is 2.31. The van der Waals surface area contributed by atoms with Crippen LogP contribution in [0.25, 0.3) is 11.3 Å². The van der Waals surface area contributed by atoms with Crippen molar-refractivity contribution in [1.29, 1.82) is 0 Å². The SMILES string of the molecule is Cc1cc(F)ccc1-c1nc(NCCN2CCCCC2)nc2c1C(=O)NCN2. The predicted octanol–water partition coefficient (Wildman–Crippen LogP) is 2.60. The number of anilines is 2. The van der Waals surface area contributed by atoms with Gasteiger partial charge in [-0.2, -0.15) is 4.98 Å². The summed E-state index contributed by atoms with van der Waals surface area (Å²) in [6, 6.07) is 4.49. The lowest BCUT2D eigenvalue weighted by atomic mass is 10.0. The third-order valence-corrected chi connectivity index (χ3v) is 5.24. The summed E-state index contributed by atoms with van der Waals surface area (Å²) in [7, 11) is 0. The molecular weight excluding hydrogens is 359 g/mol. The first-order valence-electron chi connectivity index (χ1n) is 9.78. The molecule has 1 saturated heterocycles. The van der Waals surface area contributed by atoms with Gasteiger partial charge in [-0.1, -0.05) is 6.42 Å². The number of carbonyl (C=O) groups is 1. The number of fused-ring (bicyclic) bond motifs is 1. The highest BCUT2D eigenvalue weighted by atomic mass is 19.1. The number of benzene rings is 1. The molecule has 0 bridgehead atoms. The first kappa shape index (κ1) is 18.6. The van der Waals surface area contributed by atoms with Gasteiger partial charge in [-0.3, -0.25) is 4.79 Å². The summed E-state index contributed by atoms with van der Waals surface area (Å²) < 4.78 is 13.6. The van der Waals surface area contributed by atoms with Crippen LogP contribution < -0.4 is 16.0 Å². The summed E-state index contributed by atoms with van der Waals surface area (Å²) in [4.78, 5) is 24.0. The second-order valence-corrected chi connectivity index (χ2v) is 7.27. The van der Waals surface area contributed by atoms with Crippen molar-refractivity contribution in [3.63, 3.8) is 0 Å². The Morgan fingerprint density at radius 3 is 2.79 bits per heavy atom. The minimum Gasteiger partial charge on any atom is -0.353 e. The zero-order chi connectivity index (χ0) is 19.5. The molecule has 0 spiro atoms. The largest absolute Gasteiger partial charge is 0.353 e. The highest BCUT2D eigenvalue weighted by molar-refractivity contribution is 6.06. The molecule has 0 unspecified atom stereocenters. The molecule has 2 aromatic rings. The van der Waals surface area contributed by atoms with Crippen LogP contribution in [0, 0.1) is 12.7 Å². The van der Waals surface area contributed by atoms with Crippen LogP contribution in [-0.4, -0.2) is 53.6 Å². The number of rotatable bonds is 5. The summed E-state index contributed by atoms with van der Waals surface area (Å²) in [5.41, 5.74) is 2.34. The molecule has 3 N–H and O–H groups in total. The summed E-state index contributed by atoms with van der Waals surface area (Å²) in [5.74, 6) is 0.425. The molecule has 7 nitrogen and oxygen atoms in total. The van der Waals surface area contributed by atoms with E-state index >= 15 is 0 Å². The lowest BCUT2D eigenvalue weighted by molar-refractivity contribution is 0.0952. The van der Waals surface area contributed by atoms with E-state index in [0.29, 0.717) is 29.7 Å². The summed E-state index contributed by atoms with van der Waals surface area (Å²) in [5, 5.41) is 9.15. The molecule has 0 radical (unpaired) electrons. The van der Waals surface area contributed by atoms with E-state index in [9.17, 15) is 9.18 Å². The van der Waals surface area contributed by atoms with Gasteiger partial charge in [0.2, 0.25) is 5.95 Å². The molecule has 0 aliphatic carbocycles. The van der Waals surface area contributed by atoms with E-state index in [-0.39, 0.29) is 11.7 Å². The molecule has 4 rings (SSSR count). The molecule has 8 heteroatoms. The number of halogens is 1. The molecule has 2 aliphatic rings. The molecule has 3 heterocycles. The van der Waals surface area contributed by atoms with Gasteiger partial charge in [0.05, 0.1) is 12.4 Å². The number of nitrogens with one attached hydrogen (secondary N) is 3. The topological polar surface area (TPSA) is 82.2 Å². The Hall–Kier alpha value is -2.74. The van der Waals surface area contributed by atoms with Crippen LogP contribution in [0.2, 0.25) is 0 Å². The molecule has 1 aromatic heterocycles. The Morgan fingerprint density at radius 2 is 2.00 bits per heavy atom. The molecule has 1 amide bonds. The van der Waals surface area contributed by atoms with E-state index in [1.807, 2.05) is 6.92 Å². The van der Waals surface area contributed by atoms with Crippen LogP contribution in [0.5, 0.6) is 0 Å². The maximum absolute atomic E-state index is 13.6. The first-order valence-corrected chi connectivity index (χ1v) is 9.78. The second-order valence-electron chi connectivity index (χ2n) is 7.27. The zero-order valence-corrected chi connectivity index (χ0v) is 16.0. The van der Waals surface area contributed by atoms with Gasteiger partial charge in [-0.05, 0) is 56.6 Å². The van der Waals surface area contributed by atoms with E-state index in [2.05, 4.69) is 30.8 Å². The number of nitrogens with zero attached hydrogens (tertiary/aromatic N) is 3. The van der Waals surface area contributed by atoms with Crippen molar-refractivity contribution in [2.45, 2.75) is 26.2 Å². The van der Waals surface area contributed by atoms with Gasteiger partial charge in [-0.15, -0.1) is 0 Å². The van der Waals surface area contributed by atoms with E-state index in [1.165, 1.54) is 31.4 Å². The first-order chi connectivity index (χ1) is 13.6. The number of hydrogen-bond acceptors (Lipinski definition) is 6. The van der Waals surface area contributed by atoms with Crippen molar-refractivity contribution in [1.82, 2.24) is 20.2 Å². The Bertz CT molecular complexity index is 881. The molecule has 148 valence electrons. The van der Waals surface area contributed by atoms with Crippen molar-refractivity contribution in [3.05, 3.63) is 35.1 Å². The van der Waals surface area contributed by atoms with Crippen LogP contribution in [0.15, 0.2) is 18.2 Å². The zero-order valence-electron chi connectivity index (χ0n) is 16.0. The van der Waals surface area contributed by atoms with Crippen molar-refractivity contribution in [2.24, 2.45) is 0 Å². The lowest BCUT2D eigenvalue weighted by Gasteiger charge is -2.26. The van der Waals surface area contributed by atoms with E-state index in [0.717, 1.165) is 37.3 Å². The average molecular weight is 384 g/mol. The quantitative estimate of drug-likeness (QED) is 0.735. The summed E-state index contributed by atoms with van der Waals surface area (Å²) in [6.45, 7) is 6.05. The fraction of sp³-hybridized carbons (Fsp3) is 0.450. The molecule has 0 atom stereocenters. The molecule has 1 aromatic carbocycles. The van der Waals surface area contributed by atoms with Crippen molar-refractivity contribution in [2.75, 3.05) is 43.5 Å². The third kappa shape index (κ3) is 3.91. The molecule has 2 aliphatic heterocycles. The average Bonchev–Trinajstić information content (AvgIpc) is 2.68. The predicted molar refractivity (Wildman–Crippen MR) is 107 cm³/mol. The Labute approximate surface area is 163 Å². The van der Waals surface area contributed by atoms with E-state index in [4.69, 9.17) is 0 Å². The van der Waals surface area contributed by atoms with Gasteiger partial charge in [0.25, 0.3) is 5.91 Å². The maximum atomic E-state index is 13.6. The van der Waals surface area contributed by atoms with Crippen molar-refractivity contribution < 1.29 is 9.18 Å². The minimum absolute atomic E-state index is 0.229. The van der Waals surface area contributed by atoms with Gasteiger partial charge in [0.1, 0.15) is 17.2 Å². The van der Waals surface area contributed by atoms with Gasteiger partial charge < -0.3 is 20.9 Å². The van der Waals surface area contributed by atoms with Crippen LogP contribution in [0.4, 0.5) is 16.2 Å². The number of hydrogen-bond donors (Lipinski definition) is 3. The molecular formula is C20H25FN6O. The normalized spacial score (nSPS) is 16.9. The number of amides is 1. The monoisotopic (exact) mass is 384 g/mol. The van der Waals surface area contributed by atoms with Crippen molar-refractivity contribution in [3.8, 4) is 11.3 Å². The van der Waals surface area contributed by atoms with Gasteiger partial charge in [0, 0.05) is 18.7 Å². The summed E-state index contributed by atoms with van der Waals surface area (Å²) in [6.07, 6.45) is 3.82. The smallest absolute Gasteiger partial charge is 0.258 e. The second kappa shape index (κ2) is 8.10. The fourth-order valence-corrected chi connectivity index (χ4v) is 3.78. The van der Waals surface area contributed by atoms with Gasteiger partial charge in [-0.25, -0.2) is 9.37 Å². The van der Waals surface area contributed by atoms with Gasteiger partial charge in [0.15, 0.2) is 0 Å². The Balaban J connectivity index is 1.62. The van der Waals surface area contributed by atoms with Crippen LogP contribution in [-0.2, 0) is 0 Å². The maximum Gasteiger partial charge on any atom is 0.258 e.